The minimum Gasteiger partial charge on any atom is -0.494 e. The molecule has 2 aromatic rings. The summed E-state index contributed by atoms with van der Waals surface area (Å²) >= 11 is 0. The fraction of sp³-hybridized carbons (Fsp3) is 0.353. The molecule has 0 aliphatic rings. The summed E-state index contributed by atoms with van der Waals surface area (Å²) in [6, 6.07) is 10.1. The quantitative estimate of drug-likeness (QED) is 0.821. The van der Waals surface area contributed by atoms with E-state index in [1.54, 1.807) is 6.20 Å². The van der Waals surface area contributed by atoms with Crippen molar-refractivity contribution in [3.63, 3.8) is 0 Å². The standard InChI is InChI=1S/C17H23N3O/c1-3-20-16(11-13-12-19-10-9-15(13)18)14-7-5-6-8-17(14)21-4-2/h5-10,12,16,20H,3-4,11H2,1-2H3,(H2,18,19). The van der Waals surface area contributed by atoms with E-state index < -0.39 is 0 Å². The van der Waals surface area contributed by atoms with Gasteiger partial charge >= 0.3 is 0 Å². The molecular weight excluding hydrogens is 262 g/mol. The van der Waals surface area contributed by atoms with Crippen LogP contribution in [0, 0.1) is 0 Å². The van der Waals surface area contributed by atoms with E-state index in [1.165, 1.54) is 0 Å². The number of hydrogen-bond donors (Lipinski definition) is 2. The summed E-state index contributed by atoms with van der Waals surface area (Å²) in [4.78, 5) is 4.17. The molecule has 2 rings (SSSR count). The van der Waals surface area contributed by atoms with Crippen molar-refractivity contribution in [3.8, 4) is 5.75 Å². The van der Waals surface area contributed by atoms with Crippen LogP contribution in [0.25, 0.3) is 0 Å². The van der Waals surface area contributed by atoms with E-state index in [-0.39, 0.29) is 6.04 Å². The molecule has 3 N–H and O–H groups in total. The van der Waals surface area contributed by atoms with Gasteiger partial charge in [-0.2, -0.15) is 0 Å². The molecule has 1 atom stereocenters. The second-order valence-electron chi connectivity index (χ2n) is 4.86. The number of pyridine rings is 1. The Morgan fingerprint density at radius 2 is 2.05 bits per heavy atom. The van der Waals surface area contributed by atoms with Crippen molar-refractivity contribution >= 4 is 5.69 Å². The number of rotatable bonds is 7. The Bertz CT molecular complexity index is 571. The lowest BCUT2D eigenvalue weighted by atomic mass is 9.98. The molecule has 0 bridgehead atoms. The molecule has 21 heavy (non-hydrogen) atoms. The first kappa shape index (κ1) is 15.3. The maximum atomic E-state index is 6.04. The van der Waals surface area contributed by atoms with Crippen molar-refractivity contribution in [2.45, 2.75) is 26.3 Å². The topological polar surface area (TPSA) is 60.2 Å². The summed E-state index contributed by atoms with van der Waals surface area (Å²) < 4.78 is 5.75. The molecule has 1 aromatic carbocycles. The molecular formula is C17H23N3O. The predicted molar refractivity (Wildman–Crippen MR) is 86.4 cm³/mol. The summed E-state index contributed by atoms with van der Waals surface area (Å²) in [5.74, 6) is 0.924. The second kappa shape index (κ2) is 7.64. The van der Waals surface area contributed by atoms with Gasteiger partial charge in [0, 0.05) is 29.7 Å². The molecule has 1 unspecified atom stereocenters. The number of anilines is 1. The third-order valence-corrected chi connectivity index (χ3v) is 3.41. The monoisotopic (exact) mass is 285 g/mol. The molecule has 0 fully saturated rings. The number of para-hydroxylation sites is 1. The van der Waals surface area contributed by atoms with Gasteiger partial charge in [-0.15, -0.1) is 0 Å². The van der Waals surface area contributed by atoms with E-state index in [0.29, 0.717) is 6.61 Å². The fourth-order valence-electron chi connectivity index (χ4n) is 2.42. The van der Waals surface area contributed by atoms with Crippen LogP contribution < -0.4 is 15.8 Å². The normalized spacial score (nSPS) is 12.1. The summed E-state index contributed by atoms with van der Waals surface area (Å²) in [7, 11) is 0. The highest BCUT2D eigenvalue weighted by atomic mass is 16.5. The molecule has 4 heteroatoms. The van der Waals surface area contributed by atoms with Crippen LogP contribution in [0.4, 0.5) is 5.69 Å². The summed E-state index contributed by atoms with van der Waals surface area (Å²) in [5.41, 5.74) is 9.03. The highest BCUT2D eigenvalue weighted by Crippen LogP contribution is 2.28. The van der Waals surface area contributed by atoms with Gasteiger partial charge in [0.05, 0.1) is 6.61 Å². The molecule has 0 aliphatic heterocycles. The highest BCUT2D eigenvalue weighted by molar-refractivity contribution is 5.46. The van der Waals surface area contributed by atoms with Gasteiger partial charge in [0.25, 0.3) is 0 Å². The number of benzene rings is 1. The molecule has 0 saturated carbocycles. The van der Waals surface area contributed by atoms with Crippen molar-refractivity contribution in [3.05, 3.63) is 53.9 Å². The average Bonchev–Trinajstić information content (AvgIpc) is 2.50. The first-order chi connectivity index (χ1) is 10.3. The molecule has 0 amide bonds. The van der Waals surface area contributed by atoms with Gasteiger partial charge in [-0.05, 0) is 37.6 Å². The van der Waals surface area contributed by atoms with Gasteiger partial charge in [0.2, 0.25) is 0 Å². The van der Waals surface area contributed by atoms with Crippen molar-refractivity contribution in [2.75, 3.05) is 18.9 Å². The van der Waals surface area contributed by atoms with Crippen LogP contribution in [0.5, 0.6) is 5.75 Å². The molecule has 0 spiro atoms. The molecule has 1 heterocycles. The van der Waals surface area contributed by atoms with Crippen LogP contribution in [0.15, 0.2) is 42.7 Å². The third-order valence-electron chi connectivity index (χ3n) is 3.41. The Kier molecular flexibility index (Phi) is 5.58. The molecule has 1 aromatic heterocycles. The van der Waals surface area contributed by atoms with Gasteiger partial charge in [-0.3, -0.25) is 4.98 Å². The third kappa shape index (κ3) is 3.95. The van der Waals surface area contributed by atoms with Crippen LogP contribution in [-0.2, 0) is 6.42 Å². The Hall–Kier alpha value is -2.07. The minimum absolute atomic E-state index is 0.157. The number of hydrogen-bond acceptors (Lipinski definition) is 4. The Morgan fingerprint density at radius 1 is 1.24 bits per heavy atom. The highest BCUT2D eigenvalue weighted by Gasteiger charge is 2.16. The van der Waals surface area contributed by atoms with Crippen molar-refractivity contribution in [1.29, 1.82) is 0 Å². The zero-order valence-electron chi connectivity index (χ0n) is 12.7. The van der Waals surface area contributed by atoms with E-state index in [0.717, 1.165) is 35.5 Å². The van der Waals surface area contributed by atoms with E-state index in [2.05, 4.69) is 23.3 Å². The van der Waals surface area contributed by atoms with Gasteiger partial charge in [0.1, 0.15) is 5.75 Å². The van der Waals surface area contributed by atoms with Crippen LogP contribution in [0.2, 0.25) is 0 Å². The van der Waals surface area contributed by atoms with E-state index >= 15 is 0 Å². The zero-order chi connectivity index (χ0) is 15.1. The van der Waals surface area contributed by atoms with Crippen LogP contribution in [0.1, 0.15) is 31.0 Å². The van der Waals surface area contributed by atoms with Crippen LogP contribution in [-0.4, -0.2) is 18.1 Å². The first-order valence-corrected chi connectivity index (χ1v) is 7.39. The molecule has 0 saturated heterocycles. The molecule has 112 valence electrons. The SMILES string of the molecule is CCNC(Cc1cnccc1N)c1ccccc1OCC. The number of nitrogens with one attached hydrogen (secondary N) is 1. The largest absolute Gasteiger partial charge is 0.494 e. The van der Waals surface area contributed by atoms with Crippen LogP contribution >= 0.6 is 0 Å². The lowest BCUT2D eigenvalue weighted by Gasteiger charge is -2.21. The van der Waals surface area contributed by atoms with Crippen LogP contribution in [0.3, 0.4) is 0 Å². The van der Waals surface area contributed by atoms with Gasteiger partial charge in [-0.25, -0.2) is 0 Å². The number of nitrogen functional groups attached to an aromatic ring is 1. The Labute approximate surface area is 126 Å². The van der Waals surface area contributed by atoms with E-state index in [1.807, 2.05) is 37.4 Å². The number of nitrogens with zero attached hydrogens (tertiary/aromatic N) is 1. The van der Waals surface area contributed by atoms with Gasteiger partial charge < -0.3 is 15.8 Å². The maximum Gasteiger partial charge on any atom is 0.124 e. The molecule has 4 nitrogen and oxygen atoms in total. The summed E-state index contributed by atoms with van der Waals surface area (Å²) in [6.45, 7) is 5.64. The number of likely N-dealkylation sites (N-methyl/N-ethyl adjacent to an activating group) is 1. The van der Waals surface area contributed by atoms with Gasteiger partial charge in [-0.1, -0.05) is 25.1 Å². The second-order valence-corrected chi connectivity index (χ2v) is 4.86. The number of aromatic nitrogens is 1. The maximum absolute atomic E-state index is 6.04. The number of nitrogens with two attached hydrogens (primary N) is 1. The molecule has 0 radical (unpaired) electrons. The summed E-state index contributed by atoms with van der Waals surface area (Å²) in [5, 5.41) is 3.51. The summed E-state index contributed by atoms with van der Waals surface area (Å²) in [6.07, 6.45) is 4.34. The lowest BCUT2D eigenvalue weighted by Crippen LogP contribution is -2.24. The Morgan fingerprint density at radius 3 is 2.76 bits per heavy atom. The fourth-order valence-corrected chi connectivity index (χ4v) is 2.42. The average molecular weight is 285 g/mol. The minimum atomic E-state index is 0.157. The van der Waals surface area contributed by atoms with Crippen molar-refractivity contribution in [1.82, 2.24) is 10.3 Å². The lowest BCUT2D eigenvalue weighted by molar-refractivity contribution is 0.331. The first-order valence-electron chi connectivity index (χ1n) is 7.39. The zero-order valence-corrected chi connectivity index (χ0v) is 12.7. The van der Waals surface area contributed by atoms with Crippen molar-refractivity contribution < 1.29 is 4.74 Å². The Balaban J connectivity index is 2.29. The van der Waals surface area contributed by atoms with Gasteiger partial charge in [0.15, 0.2) is 0 Å². The van der Waals surface area contributed by atoms with E-state index in [4.69, 9.17) is 10.5 Å². The predicted octanol–water partition coefficient (Wildman–Crippen LogP) is 2.96. The smallest absolute Gasteiger partial charge is 0.124 e. The molecule has 0 aliphatic carbocycles. The number of ether oxygens (including phenoxy) is 1. The van der Waals surface area contributed by atoms with Crippen molar-refractivity contribution in [2.24, 2.45) is 0 Å². The van der Waals surface area contributed by atoms with E-state index in [9.17, 15) is 0 Å².